The highest BCUT2D eigenvalue weighted by atomic mass is 16.5. The summed E-state index contributed by atoms with van der Waals surface area (Å²) in [7, 11) is 0. The van der Waals surface area contributed by atoms with Gasteiger partial charge in [-0.1, -0.05) is 12.1 Å². The molecule has 0 radical (unpaired) electrons. The molecule has 1 saturated heterocycles. The van der Waals surface area contributed by atoms with Crippen molar-refractivity contribution in [3.05, 3.63) is 59.0 Å². The van der Waals surface area contributed by atoms with Gasteiger partial charge >= 0.3 is 0 Å². The highest BCUT2D eigenvalue weighted by molar-refractivity contribution is 5.93. The topological polar surface area (TPSA) is 89.3 Å². The molecule has 0 spiro atoms. The van der Waals surface area contributed by atoms with E-state index in [-0.39, 0.29) is 17.8 Å². The number of hydrogen-bond donors (Lipinski definition) is 1. The minimum absolute atomic E-state index is 0.123. The summed E-state index contributed by atoms with van der Waals surface area (Å²) in [5.74, 6) is 0.623. The number of hydrogen-bond acceptors (Lipinski definition) is 6. The van der Waals surface area contributed by atoms with Crippen LogP contribution in [0.4, 0.5) is 11.5 Å². The van der Waals surface area contributed by atoms with Crippen LogP contribution in [0.25, 0.3) is 10.9 Å². The number of benzene rings is 1. The van der Waals surface area contributed by atoms with Gasteiger partial charge in [0, 0.05) is 31.1 Å². The summed E-state index contributed by atoms with van der Waals surface area (Å²) in [6.07, 6.45) is 3.24. The Bertz CT molecular complexity index is 1040. The van der Waals surface area contributed by atoms with Gasteiger partial charge in [-0.2, -0.15) is 5.10 Å². The molecule has 0 saturated carbocycles. The number of ether oxygens (including phenoxy) is 1. The molecule has 4 rings (SSSR count). The molecular weight excluding hydrogens is 358 g/mol. The fourth-order valence-corrected chi connectivity index (χ4v) is 3.28. The maximum atomic E-state index is 12.5. The second kappa shape index (κ2) is 8.18. The number of rotatable bonds is 5. The second-order valence-corrected chi connectivity index (χ2v) is 6.52. The van der Waals surface area contributed by atoms with Crippen molar-refractivity contribution in [2.75, 3.05) is 36.5 Å². The normalized spacial score (nSPS) is 14.2. The van der Waals surface area contributed by atoms with Gasteiger partial charge in [-0.25, -0.2) is 4.98 Å². The largest absolute Gasteiger partial charge is 0.378 e. The van der Waals surface area contributed by atoms with Crippen molar-refractivity contribution in [3.63, 3.8) is 0 Å². The van der Waals surface area contributed by atoms with Gasteiger partial charge in [-0.3, -0.25) is 14.3 Å². The number of pyridine rings is 1. The maximum Gasteiger partial charge on any atom is 0.226 e. The van der Waals surface area contributed by atoms with Crippen molar-refractivity contribution in [1.29, 1.82) is 0 Å². The molecule has 1 N–H and O–H groups in total. The van der Waals surface area contributed by atoms with E-state index >= 15 is 0 Å². The summed E-state index contributed by atoms with van der Waals surface area (Å²) in [5.41, 5.74) is 1.28. The van der Waals surface area contributed by atoms with E-state index in [1.165, 1.54) is 6.20 Å². The lowest BCUT2D eigenvalue weighted by Gasteiger charge is -2.29. The van der Waals surface area contributed by atoms with Gasteiger partial charge in [-0.15, -0.1) is 0 Å². The number of aryl methyl sites for hydroxylation is 1. The maximum absolute atomic E-state index is 12.5. The van der Waals surface area contributed by atoms with E-state index < -0.39 is 0 Å². The van der Waals surface area contributed by atoms with Gasteiger partial charge in [0.1, 0.15) is 0 Å². The Morgan fingerprint density at radius 3 is 2.82 bits per heavy atom. The standard InChI is InChI=1S/C20H21N5O3/c26-18-14-22-25(17-6-2-1-4-15(17)18)9-7-19(27)23-16-5-3-8-21-20(16)24-10-12-28-13-11-24/h1-6,8,14H,7,9-13H2,(H,23,27). The molecule has 28 heavy (non-hydrogen) atoms. The van der Waals surface area contributed by atoms with Crippen LogP contribution in [0.1, 0.15) is 6.42 Å². The first kappa shape index (κ1) is 18.1. The Morgan fingerprint density at radius 2 is 1.96 bits per heavy atom. The molecule has 0 aliphatic carbocycles. The van der Waals surface area contributed by atoms with Crippen molar-refractivity contribution >= 4 is 28.3 Å². The number of nitrogens with zero attached hydrogens (tertiary/aromatic N) is 4. The first-order valence-electron chi connectivity index (χ1n) is 9.25. The number of anilines is 2. The molecule has 1 aromatic carbocycles. The summed E-state index contributed by atoms with van der Waals surface area (Å²) in [6, 6.07) is 10.9. The summed E-state index contributed by atoms with van der Waals surface area (Å²) in [4.78, 5) is 31.0. The Labute approximate surface area is 161 Å². The zero-order valence-electron chi connectivity index (χ0n) is 15.4. The third-order valence-corrected chi connectivity index (χ3v) is 4.68. The molecule has 0 atom stereocenters. The highest BCUT2D eigenvalue weighted by Crippen LogP contribution is 2.23. The van der Waals surface area contributed by atoms with Crippen LogP contribution < -0.4 is 15.6 Å². The summed E-state index contributed by atoms with van der Waals surface area (Å²) >= 11 is 0. The van der Waals surface area contributed by atoms with Crippen molar-refractivity contribution in [2.45, 2.75) is 13.0 Å². The van der Waals surface area contributed by atoms with Crippen LogP contribution in [0, 0.1) is 0 Å². The lowest BCUT2D eigenvalue weighted by Crippen LogP contribution is -2.37. The van der Waals surface area contributed by atoms with E-state index in [0.29, 0.717) is 30.8 Å². The number of carbonyl (C=O) groups is 1. The quantitative estimate of drug-likeness (QED) is 0.725. The summed E-state index contributed by atoms with van der Waals surface area (Å²) < 4.78 is 7.07. The monoisotopic (exact) mass is 379 g/mol. The SMILES string of the molecule is O=C(CCn1ncc(=O)c2ccccc21)Nc1cccnc1N1CCOCC1. The van der Waals surface area contributed by atoms with Crippen LogP contribution in [0.3, 0.4) is 0 Å². The first-order chi connectivity index (χ1) is 13.7. The van der Waals surface area contributed by atoms with Crippen molar-refractivity contribution in [1.82, 2.24) is 14.8 Å². The van der Waals surface area contributed by atoms with Crippen LogP contribution >= 0.6 is 0 Å². The molecule has 8 heteroatoms. The van der Waals surface area contributed by atoms with Gasteiger partial charge in [0.25, 0.3) is 0 Å². The van der Waals surface area contributed by atoms with E-state index in [2.05, 4.69) is 20.3 Å². The van der Waals surface area contributed by atoms with Crippen molar-refractivity contribution < 1.29 is 9.53 Å². The number of fused-ring (bicyclic) bond motifs is 1. The molecule has 8 nitrogen and oxygen atoms in total. The van der Waals surface area contributed by atoms with E-state index in [4.69, 9.17) is 4.74 Å². The average molecular weight is 379 g/mol. The Hall–Kier alpha value is -3.26. The molecule has 2 aromatic heterocycles. The fraction of sp³-hybridized carbons (Fsp3) is 0.300. The Balaban J connectivity index is 1.46. The zero-order chi connectivity index (χ0) is 19.3. The Kier molecular flexibility index (Phi) is 5.29. The molecule has 1 amide bonds. The molecule has 3 heterocycles. The lowest BCUT2D eigenvalue weighted by atomic mass is 10.2. The van der Waals surface area contributed by atoms with Gasteiger partial charge in [0.05, 0.1) is 37.2 Å². The minimum Gasteiger partial charge on any atom is -0.378 e. The van der Waals surface area contributed by atoms with Crippen LogP contribution in [0.2, 0.25) is 0 Å². The number of morpholine rings is 1. The predicted molar refractivity (Wildman–Crippen MR) is 107 cm³/mol. The van der Waals surface area contributed by atoms with Crippen LogP contribution in [-0.4, -0.2) is 47.0 Å². The van der Waals surface area contributed by atoms with Gasteiger partial charge in [-0.05, 0) is 24.3 Å². The van der Waals surface area contributed by atoms with Crippen LogP contribution in [0.15, 0.2) is 53.6 Å². The molecular formula is C20H21N5O3. The number of amides is 1. The molecule has 0 unspecified atom stereocenters. The highest BCUT2D eigenvalue weighted by Gasteiger charge is 2.17. The average Bonchev–Trinajstić information content (AvgIpc) is 2.74. The lowest BCUT2D eigenvalue weighted by molar-refractivity contribution is -0.116. The molecule has 1 aliphatic heterocycles. The number of para-hydroxylation sites is 1. The number of carbonyl (C=O) groups excluding carboxylic acids is 1. The summed E-state index contributed by atoms with van der Waals surface area (Å²) in [5, 5.41) is 7.71. The fourth-order valence-electron chi connectivity index (χ4n) is 3.28. The summed E-state index contributed by atoms with van der Waals surface area (Å²) in [6.45, 7) is 3.16. The Morgan fingerprint density at radius 1 is 1.14 bits per heavy atom. The third kappa shape index (κ3) is 3.86. The van der Waals surface area contributed by atoms with Crippen LogP contribution in [0.5, 0.6) is 0 Å². The van der Waals surface area contributed by atoms with Gasteiger partial charge in [0.15, 0.2) is 5.82 Å². The van der Waals surface area contributed by atoms with E-state index in [0.717, 1.165) is 24.4 Å². The van der Waals surface area contributed by atoms with Crippen LogP contribution in [-0.2, 0) is 16.1 Å². The number of aromatic nitrogens is 3. The minimum atomic E-state index is -0.132. The molecule has 1 aliphatic rings. The smallest absolute Gasteiger partial charge is 0.226 e. The molecule has 3 aromatic rings. The molecule has 0 bridgehead atoms. The third-order valence-electron chi connectivity index (χ3n) is 4.68. The molecule has 1 fully saturated rings. The first-order valence-corrected chi connectivity index (χ1v) is 9.25. The van der Waals surface area contributed by atoms with Gasteiger partial charge in [0.2, 0.25) is 11.3 Å². The molecule has 144 valence electrons. The van der Waals surface area contributed by atoms with Crippen molar-refractivity contribution in [3.8, 4) is 0 Å². The van der Waals surface area contributed by atoms with Gasteiger partial charge < -0.3 is 15.0 Å². The van der Waals surface area contributed by atoms with E-state index in [1.54, 1.807) is 23.0 Å². The van der Waals surface area contributed by atoms with Crippen molar-refractivity contribution in [2.24, 2.45) is 0 Å². The second-order valence-electron chi connectivity index (χ2n) is 6.52. The van der Waals surface area contributed by atoms with E-state index in [1.807, 2.05) is 24.3 Å². The zero-order valence-corrected chi connectivity index (χ0v) is 15.4. The predicted octanol–water partition coefficient (Wildman–Crippen LogP) is 1.66. The number of nitrogens with one attached hydrogen (secondary N) is 1. The van der Waals surface area contributed by atoms with E-state index in [9.17, 15) is 9.59 Å².